The van der Waals surface area contributed by atoms with E-state index in [1.54, 1.807) is 17.8 Å². The maximum Gasteiger partial charge on any atom is 0.136 e. The second-order valence-corrected chi connectivity index (χ2v) is 6.07. The second kappa shape index (κ2) is 6.91. The fourth-order valence-electron chi connectivity index (χ4n) is 2.29. The molecule has 0 aliphatic rings. The summed E-state index contributed by atoms with van der Waals surface area (Å²) >= 11 is 1.55. The predicted octanol–water partition coefficient (Wildman–Crippen LogP) is 4.50. The van der Waals surface area contributed by atoms with E-state index in [4.69, 9.17) is 0 Å². The van der Waals surface area contributed by atoms with Gasteiger partial charge in [0.25, 0.3) is 0 Å². The molecule has 20 heavy (non-hydrogen) atoms. The third kappa shape index (κ3) is 3.84. The van der Waals surface area contributed by atoms with E-state index in [1.807, 2.05) is 19.2 Å². The number of rotatable bonds is 5. The van der Waals surface area contributed by atoms with Gasteiger partial charge in [0.2, 0.25) is 0 Å². The van der Waals surface area contributed by atoms with Crippen LogP contribution in [0.2, 0.25) is 0 Å². The number of halogens is 1. The molecule has 0 heterocycles. The summed E-state index contributed by atoms with van der Waals surface area (Å²) in [5.74, 6) is 0.660. The van der Waals surface area contributed by atoms with Crippen LogP contribution in [0.25, 0.3) is 0 Å². The van der Waals surface area contributed by atoms with Crippen LogP contribution in [0.1, 0.15) is 22.7 Å². The number of aryl methyl sites for hydroxylation is 2. The number of benzene rings is 2. The van der Waals surface area contributed by atoms with Crippen molar-refractivity contribution in [1.29, 1.82) is 0 Å². The fourth-order valence-corrected chi connectivity index (χ4v) is 3.38. The molecule has 1 nitrogen and oxygen atoms in total. The molecule has 2 aromatic rings. The van der Waals surface area contributed by atoms with E-state index in [0.717, 1.165) is 5.75 Å². The molecule has 106 valence electrons. The molecule has 0 bridgehead atoms. The zero-order valence-electron chi connectivity index (χ0n) is 12.1. The number of thioether (sulfide) groups is 1. The molecule has 0 fully saturated rings. The first-order chi connectivity index (χ1) is 9.60. The molecule has 0 saturated heterocycles. The van der Waals surface area contributed by atoms with Gasteiger partial charge in [-0.1, -0.05) is 41.5 Å². The minimum absolute atomic E-state index is 0.146. The maximum atomic E-state index is 13.6. The summed E-state index contributed by atoms with van der Waals surface area (Å²) in [5.41, 5.74) is 3.78. The first-order valence-electron chi connectivity index (χ1n) is 6.73. The van der Waals surface area contributed by atoms with Gasteiger partial charge in [-0.15, -0.1) is 11.8 Å². The molecule has 1 N–H and O–H groups in total. The average Bonchev–Trinajstić information content (AvgIpc) is 2.40. The van der Waals surface area contributed by atoms with Crippen molar-refractivity contribution < 1.29 is 4.39 Å². The molecular weight excluding hydrogens is 269 g/mol. The number of hydrogen-bond donors (Lipinski definition) is 1. The van der Waals surface area contributed by atoms with E-state index in [0.29, 0.717) is 4.90 Å². The number of hydrogen-bond acceptors (Lipinski definition) is 2. The van der Waals surface area contributed by atoms with Crippen LogP contribution in [0.4, 0.5) is 4.39 Å². The molecule has 1 unspecified atom stereocenters. The highest BCUT2D eigenvalue weighted by molar-refractivity contribution is 7.99. The molecule has 0 saturated carbocycles. The molecule has 2 rings (SSSR count). The lowest BCUT2D eigenvalue weighted by molar-refractivity contribution is 0.601. The van der Waals surface area contributed by atoms with Gasteiger partial charge < -0.3 is 5.32 Å². The van der Waals surface area contributed by atoms with Gasteiger partial charge in [-0.3, -0.25) is 0 Å². The Balaban J connectivity index is 2.11. The Morgan fingerprint density at radius 3 is 2.35 bits per heavy atom. The first-order valence-corrected chi connectivity index (χ1v) is 7.71. The van der Waals surface area contributed by atoms with Crippen molar-refractivity contribution in [2.75, 3.05) is 12.8 Å². The SMILES string of the molecule is CNC(CSc1ccccc1F)c1cc(C)cc(C)c1. The molecule has 1 atom stereocenters. The van der Waals surface area contributed by atoms with Crippen molar-refractivity contribution >= 4 is 11.8 Å². The van der Waals surface area contributed by atoms with Gasteiger partial charge in [-0.05, 0) is 38.6 Å². The van der Waals surface area contributed by atoms with E-state index in [-0.39, 0.29) is 11.9 Å². The van der Waals surface area contributed by atoms with E-state index >= 15 is 0 Å². The van der Waals surface area contributed by atoms with Gasteiger partial charge in [0.05, 0.1) is 0 Å². The monoisotopic (exact) mass is 289 g/mol. The van der Waals surface area contributed by atoms with Crippen LogP contribution in [-0.4, -0.2) is 12.8 Å². The summed E-state index contributed by atoms with van der Waals surface area (Å²) in [6, 6.07) is 13.7. The van der Waals surface area contributed by atoms with Crippen LogP contribution in [0.3, 0.4) is 0 Å². The quantitative estimate of drug-likeness (QED) is 0.814. The van der Waals surface area contributed by atoms with Gasteiger partial charge in [-0.25, -0.2) is 4.39 Å². The Kier molecular flexibility index (Phi) is 5.21. The van der Waals surface area contributed by atoms with Gasteiger partial charge in [0.1, 0.15) is 5.82 Å². The van der Waals surface area contributed by atoms with Gasteiger partial charge in [-0.2, -0.15) is 0 Å². The molecule has 0 amide bonds. The topological polar surface area (TPSA) is 12.0 Å². The summed E-state index contributed by atoms with van der Waals surface area (Å²) in [7, 11) is 1.95. The van der Waals surface area contributed by atoms with Crippen LogP contribution in [0.15, 0.2) is 47.4 Å². The second-order valence-electron chi connectivity index (χ2n) is 5.00. The molecule has 0 radical (unpaired) electrons. The summed E-state index contributed by atoms with van der Waals surface area (Å²) in [4.78, 5) is 0.706. The van der Waals surface area contributed by atoms with Crippen LogP contribution in [-0.2, 0) is 0 Å². The molecule has 0 aromatic heterocycles. The van der Waals surface area contributed by atoms with Crippen LogP contribution in [0, 0.1) is 19.7 Å². The summed E-state index contributed by atoms with van der Waals surface area (Å²) < 4.78 is 13.6. The van der Waals surface area contributed by atoms with Crippen molar-refractivity contribution in [3.8, 4) is 0 Å². The zero-order valence-corrected chi connectivity index (χ0v) is 12.9. The van der Waals surface area contributed by atoms with Crippen molar-refractivity contribution in [1.82, 2.24) is 5.32 Å². The lowest BCUT2D eigenvalue weighted by Gasteiger charge is -2.18. The average molecular weight is 289 g/mol. The molecule has 0 spiro atoms. The Morgan fingerprint density at radius 1 is 1.10 bits per heavy atom. The van der Waals surface area contributed by atoms with E-state index in [9.17, 15) is 4.39 Å². The summed E-state index contributed by atoms with van der Waals surface area (Å²) in [5, 5.41) is 3.32. The highest BCUT2D eigenvalue weighted by Crippen LogP contribution is 2.27. The van der Waals surface area contributed by atoms with Gasteiger partial charge in [0.15, 0.2) is 0 Å². The summed E-state index contributed by atoms with van der Waals surface area (Å²) in [6.07, 6.45) is 0. The Hall–Kier alpha value is -1.32. The standard InChI is InChI=1S/C17H20FNS/c1-12-8-13(2)10-14(9-12)16(19-3)11-20-17-7-5-4-6-15(17)18/h4-10,16,19H,11H2,1-3H3. The van der Waals surface area contributed by atoms with Crippen LogP contribution in [0.5, 0.6) is 0 Å². The fraction of sp³-hybridized carbons (Fsp3) is 0.294. The predicted molar refractivity (Wildman–Crippen MR) is 84.8 cm³/mol. The Bertz CT molecular complexity index is 563. The molecule has 0 aliphatic heterocycles. The first kappa shape index (κ1) is 15.1. The van der Waals surface area contributed by atoms with Crippen molar-refractivity contribution in [3.05, 3.63) is 65.0 Å². The molecular formula is C17H20FNS. The minimum atomic E-state index is -0.146. The third-order valence-electron chi connectivity index (χ3n) is 3.24. The molecule has 3 heteroatoms. The Labute approximate surface area is 124 Å². The third-order valence-corrected chi connectivity index (χ3v) is 4.38. The largest absolute Gasteiger partial charge is 0.312 e. The Morgan fingerprint density at radius 2 is 1.75 bits per heavy atom. The smallest absolute Gasteiger partial charge is 0.136 e. The van der Waals surface area contributed by atoms with Crippen LogP contribution < -0.4 is 5.32 Å². The van der Waals surface area contributed by atoms with Gasteiger partial charge in [0, 0.05) is 16.7 Å². The highest BCUT2D eigenvalue weighted by Gasteiger charge is 2.12. The normalized spacial score (nSPS) is 12.4. The van der Waals surface area contributed by atoms with E-state index in [2.05, 4.69) is 37.4 Å². The lowest BCUT2D eigenvalue weighted by atomic mass is 10.0. The van der Waals surface area contributed by atoms with Gasteiger partial charge >= 0.3 is 0 Å². The highest BCUT2D eigenvalue weighted by atomic mass is 32.2. The van der Waals surface area contributed by atoms with Crippen molar-refractivity contribution in [2.45, 2.75) is 24.8 Å². The van der Waals surface area contributed by atoms with Crippen molar-refractivity contribution in [3.63, 3.8) is 0 Å². The molecule has 2 aromatic carbocycles. The zero-order chi connectivity index (χ0) is 14.5. The van der Waals surface area contributed by atoms with Crippen LogP contribution >= 0.6 is 11.8 Å². The van der Waals surface area contributed by atoms with Crippen molar-refractivity contribution in [2.24, 2.45) is 0 Å². The number of nitrogens with one attached hydrogen (secondary N) is 1. The lowest BCUT2D eigenvalue weighted by Crippen LogP contribution is -2.19. The maximum absolute atomic E-state index is 13.6. The van der Waals surface area contributed by atoms with E-state index in [1.165, 1.54) is 22.8 Å². The van der Waals surface area contributed by atoms with E-state index < -0.39 is 0 Å². The molecule has 0 aliphatic carbocycles. The minimum Gasteiger partial charge on any atom is -0.312 e. The summed E-state index contributed by atoms with van der Waals surface area (Å²) in [6.45, 7) is 4.21.